The van der Waals surface area contributed by atoms with Crippen molar-refractivity contribution in [1.82, 2.24) is 15.1 Å². The van der Waals surface area contributed by atoms with Crippen LogP contribution < -0.4 is 9.64 Å². The molecule has 1 saturated heterocycles. The van der Waals surface area contributed by atoms with Gasteiger partial charge in [0.05, 0.1) is 5.69 Å². The predicted octanol–water partition coefficient (Wildman–Crippen LogP) is 1.83. The molecule has 7 heteroatoms. The van der Waals surface area contributed by atoms with Crippen LogP contribution >= 0.6 is 0 Å². The molecule has 1 aliphatic carbocycles. The Labute approximate surface area is 151 Å². The van der Waals surface area contributed by atoms with E-state index in [0.29, 0.717) is 26.2 Å². The summed E-state index contributed by atoms with van der Waals surface area (Å²) in [7, 11) is 0. The number of benzene rings is 1. The highest BCUT2D eigenvalue weighted by Crippen LogP contribution is 2.23. The number of carbonyl (C=O) groups excluding carboxylic acids is 1. The molecule has 2 aromatic rings. The van der Waals surface area contributed by atoms with Crippen molar-refractivity contribution in [3.05, 3.63) is 47.4 Å². The highest BCUT2D eigenvalue weighted by molar-refractivity contribution is 5.78. The van der Waals surface area contributed by atoms with Crippen molar-refractivity contribution in [2.75, 3.05) is 37.7 Å². The van der Waals surface area contributed by atoms with Crippen LogP contribution in [0, 0.1) is 5.82 Å². The Hall–Kier alpha value is -2.70. The van der Waals surface area contributed by atoms with Gasteiger partial charge < -0.3 is 14.5 Å². The van der Waals surface area contributed by atoms with E-state index in [9.17, 15) is 9.18 Å². The van der Waals surface area contributed by atoms with Crippen LogP contribution in [0.1, 0.15) is 17.7 Å². The lowest BCUT2D eigenvalue weighted by atomic mass is 10.2. The van der Waals surface area contributed by atoms with Crippen molar-refractivity contribution < 1.29 is 13.9 Å². The molecule has 0 radical (unpaired) electrons. The van der Waals surface area contributed by atoms with Crippen molar-refractivity contribution in [3.8, 4) is 5.75 Å². The van der Waals surface area contributed by atoms with Crippen molar-refractivity contribution in [3.63, 3.8) is 0 Å². The lowest BCUT2D eigenvalue weighted by Gasteiger charge is -2.35. The van der Waals surface area contributed by atoms with Crippen LogP contribution in [-0.2, 0) is 17.6 Å². The van der Waals surface area contributed by atoms with Crippen LogP contribution in [0.3, 0.4) is 0 Å². The van der Waals surface area contributed by atoms with Gasteiger partial charge in [0.15, 0.2) is 24.0 Å². The second-order valence-electron chi connectivity index (χ2n) is 6.61. The van der Waals surface area contributed by atoms with E-state index in [4.69, 9.17) is 4.74 Å². The third kappa shape index (κ3) is 3.47. The highest BCUT2D eigenvalue weighted by atomic mass is 19.1. The number of ether oxygens (including phenoxy) is 1. The molecule has 1 aromatic heterocycles. The van der Waals surface area contributed by atoms with Crippen LogP contribution in [0.15, 0.2) is 30.3 Å². The summed E-state index contributed by atoms with van der Waals surface area (Å²) < 4.78 is 18.9. The fourth-order valence-electron chi connectivity index (χ4n) is 3.45. The largest absolute Gasteiger partial charge is 0.481 e. The maximum atomic E-state index is 13.5. The Balaban J connectivity index is 1.30. The summed E-state index contributed by atoms with van der Waals surface area (Å²) in [6, 6.07) is 8.24. The van der Waals surface area contributed by atoms with Crippen molar-refractivity contribution in [1.29, 1.82) is 0 Å². The van der Waals surface area contributed by atoms with E-state index >= 15 is 0 Å². The van der Waals surface area contributed by atoms with E-state index in [1.165, 1.54) is 17.7 Å². The summed E-state index contributed by atoms with van der Waals surface area (Å²) >= 11 is 0. The fourth-order valence-corrected chi connectivity index (χ4v) is 3.45. The average molecular weight is 356 g/mol. The third-order valence-corrected chi connectivity index (χ3v) is 4.95. The van der Waals surface area contributed by atoms with Gasteiger partial charge in [-0.05, 0) is 43.0 Å². The molecule has 2 aliphatic rings. The first kappa shape index (κ1) is 16.8. The van der Waals surface area contributed by atoms with Crippen molar-refractivity contribution in [2.24, 2.45) is 0 Å². The summed E-state index contributed by atoms with van der Waals surface area (Å²) in [6.45, 7) is 2.45. The van der Waals surface area contributed by atoms with E-state index in [2.05, 4.69) is 21.2 Å². The van der Waals surface area contributed by atoms with Gasteiger partial charge in [0.2, 0.25) is 0 Å². The molecule has 4 rings (SSSR count). The minimum absolute atomic E-state index is 0.105. The molecule has 1 fully saturated rings. The summed E-state index contributed by atoms with van der Waals surface area (Å²) in [6.07, 6.45) is 3.24. The molecule has 0 spiro atoms. The molecule has 0 atom stereocenters. The van der Waals surface area contributed by atoms with Crippen LogP contribution in [0.5, 0.6) is 5.75 Å². The standard InChI is InChI=1S/C19H21FN4O2/c20-15-5-1-2-7-17(15)26-13-19(25)24-10-8-23(9-11-24)18-12-14-4-3-6-16(14)21-22-18/h1-2,5,7,12H,3-4,6,8-11,13H2. The number of halogens is 1. The van der Waals surface area contributed by atoms with Gasteiger partial charge in [0, 0.05) is 26.2 Å². The number of para-hydroxylation sites is 1. The van der Waals surface area contributed by atoms with Gasteiger partial charge in [0.1, 0.15) is 0 Å². The minimum atomic E-state index is -0.458. The molecule has 1 aromatic carbocycles. The molecule has 6 nitrogen and oxygen atoms in total. The number of hydrogen-bond acceptors (Lipinski definition) is 5. The van der Waals surface area contributed by atoms with Gasteiger partial charge in [-0.2, -0.15) is 5.10 Å². The van der Waals surface area contributed by atoms with E-state index in [0.717, 1.165) is 30.8 Å². The Morgan fingerprint density at radius 2 is 1.92 bits per heavy atom. The molecule has 2 heterocycles. The minimum Gasteiger partial charge on any atom is -0.481 e. The Bertz CT molecular complexity index is 806. The predicted molar refractivity (Wildman–Crippen MR) is 94.7 cm³/mol. The number of fused-ring (bicyclic) bond motifs is 1. The summed E-state index contributed by atoms with van der Waals surface area (Å²) in [5.74, 6) is 0.404. The third-order valence-electron chi connectivity index (χ3n) is 4.95. The SMILES string of the molecule is O=C(COc1ccccc1F)N1CCN(c2cc3c(nn2)CCC3)CC1. The molecule has 26 heavy (non-hydrogen) atoms. The number of hydrogen-bond donors (Lipinski definition) is 0. The van der Waals surface area contributed by atoms with Gasteiger partial charge in [-0.1, -0.05) is 12.1 Å². The number of carbonyl (C=O) groups is 1. The van der Waals surface area contributed by atoms with Crippen molar-refractivity contribution in [2.45, 2.75) is 19.3 Å². The van der Waals surface area contributed by atoms with Crippen LogP contribution in [0.25, 0.3) is 0 Å². The number of aromatic nitrogens is 2. The first-order valence-electron chi connectivity index (χ1n) is 8.96. The molecule has 0 saturated carbocycles. The maximum Gasteiger partial charge on any atom is 0.260 e. The highest BCUT2D eigenvalue weighted by Gasteiger charge is 2.24. The lowest BCUT2D eigenvalue weighted by molar-refractivity contribution is -0.133. The van der Waals surface area contributed by atoms with Gasteiger partial charge in [0.25, 0.3) is 5.91 Å². The Morgan fingerprint density at radius 1 is 1.12 bits per heavy atom. The van der Waals surface area contributed by atoms with Gasteiger partial charge in [-0.15, -0.1) is 5.10 Å². The Morgan fingerprint density at radius 3 is 2.73 bits per heavy atom. The van der Waals surface area contributed by atoms with Crippen LogP contribution in [0.2, 0.25) is 0 Å². The summed E-state index contributed by atoms with van der Waals surface area (Å²) in [4.78, 5) is 16.2. The van der Waals surface area contributed by atoms with Gasteiger partial charge in [-0.25, -0.2) is 4.39 Å². The number of aryl methyl sites for hydroxylation is 2. The molecule has 136 valence electrons. The first-order valence-corrected chi connectivity index (χ1v) is 8.96. The molecule has 0 N–H and O–H groups in total. The lowest BCUT2D eigenvalue weighted by Crippen LogP contribution is -2.50. The zero-order chi connectivity index (χ0) is 17.9. The summed E-state index contributed by atoms with van der Waals surface area (Å²) in [5.41, 5.74) is 2.42. The molecule has 0 unspecified atom stereocenters. The number of piperazine rings is 1. The quantitative estimate of drug-likeness (QED) is 0.837. The number of amides is 1. The molecule has 1 aliphatic heterocycles. The number of rotatable bonds is 4. The Kier molecular flexibility index (Phi) is 4.69. The van der Waals surface area contributed by atoms with E-state index in [1.54, 1.807) is 17.0 Å². The monoisotopic (exact) mass is 356 g/mol. The molecular weight excluding hydrogens is 335 g/mol. The van der Waals surface area contributed by atoms with Crippen molar-refractivity contribution >= 4 is 11.7 Å². The normalized spacial score (nSPS) is 16.5. The summed E-state index contributed by atoms with van der Waals surface area (Å²) in [5, 5.41) is 8.67. The fraction of sp³-hybridized carbons (Fsp3) is 0.421. The van der Waals surface area contributed by atoms with Gasteiger partial charge >= 0.3 is 0 Å². The van der Waals surface area contributed by atoms with E-state index in [-0.39, 0.29) is 18.3 Å². The average Bonchev–Trinajstić information content (AvgIpc) is 3.15. The molecular formula is C19H21FN4O2. The zero-order valence-corrected chi connectivity index (χ0v) is 14.5. The second-order valence-corrected chi connectivity index (χ2v) is 6.61. The molecule has 1 amide bonds. The smallest absolute Gasteiger partial charge is 0.260 e. The zero-order valence-electron chi connectivity index (χ0n) is 14.5. The van der Waals surface area contributed by atoms with E-state index in [1.807, 2.05) is 0 Å². The number of anilines is 1. The van der Waals surface area contributed by atoms with Crippen LogP contribution in [-0.4, -0.2) is 53.8 Å². The second kappa shape index (κ2) is 7.27. The van der Waals surface area contributed by atoms with Gasteiger partial charge in [-0.3, -0.25) is 4.79 Å². The van der Waals surface area contributed by atoms with Crippen LogP contribution in [0.4, 0.5) is 10.2 Å². The van der Waals surface area contributed by atoms with E-state index < -0.39 is 5.82 Å². The maximum absolute atomic E-state index is 13.5. The topological polar surface area (TPSA) is 58.6 Å². The first-order chi connectivity index (χ1) is 12.7. The number of nitrogens with zero attached hydrogens (tertiary/aromatic N) is 4. The molecule has 0 bridgehead atoms.